The van der Waals surface area contributed by atoms with Crippen LogP contribution in [0.5, 0.6) is 11.8 Å². The normalized spacial score (nSPS) is 10.7. The average molecular weight is 333 g/mol. The molecule has 3 aromatic rings. The Balaban J connectivity index is 1.92. The molecular weight excluding hydrogens is 324 g/mol. The second kappa shape index (κ2) is 6.05. The summed E-state index contributed by atoms with van der Waals surface area (Å²) in [6.45, 7) is -0.816. The standard InChI is InChI=1S/C15H9ClN2O5/c16-9-5-6-11-14(7-9)23-15(17-11)22-13-4-2-1-3-10(13)12(19)8-18(20)21/h1-7H,8H2. The highest BCUT2D eigenvalue weighted by molar-refractivity contribution is 6.31. The van der Waals surface area contributed by atoms with Crippen LogP contribution in [0.1, 0.15) is 10.4 Å². The molecule has 0 bridgehead atoms. The first-order chi connectivity index (χ1) is 11.0. The van der Waals surface area contributed by atoms with E-state index < -0.39 is 17.3 Å². The molecule has 0 aliphatic rings. The van der Waals surface area contributed by atoms with Crippen molar-refractivity contribution in [3.05, 3.63) is 63.2 Å². The number of hydrogen-bond donors (Lipinski definition) is 0. The minimum absolute atomic E-state index is 0.0800. The topological polar surface area (TPSA) is 95.5 Å². The summed E-state index contributed by atoms with van der Waals surface area (Å²) in [5.41, 5.74) is 1.06. The van der Waals surface area contributed by atoms with Crippen LogP contribution >= 0.6 is 11.6 Å². The summed E-state index contributed by atoms with van der Waals surface area (Å²) < 4.78 is 10.9. The predicted molar refractivity (Wildman–Crippen MR) is 81.7 cm³/mol. The van der Waals surface area contributed by atoms with Gasteiger partial charge in [-0.05, 0) is 24.3 Å². The molecule has 3 rings (SSSR count). The van der Waals surface area contributed by atoms with Crippen LogP contribution < -0.4 is 4.74 Å². The van der Waals surface area contributed by atoms with Gasteiger partial charge in [-0.15, -0.1) is 0 Å². The Hall–Kier alpha value is -2.93. The Morgan fingerprint density at radius 1 is 1.30 bits per heavy atom. The van der Waals surface area contributed by atoms with Crippen molar-refractivity contribution >= 4 is 28.5 Å². The number of Topliss-reactive ketones (excluding diaryl/α,β-unsaturated/α-hetero) is 1. The summed E-state index contributed by atoms with van der Waals surface area (Å²) in [5.74, 6) is -0.526. The number of fused-ring (bicyclic) bond motifs is 1. The molecule has 23 heavy (non-hydrogen) atoms. The molecule has 0 saturated heterocycles. The van der Waals surface area contributed by atoms with Crippen molar-refractivity contribution in [2.75, 3.05) is 6.54 Å². The molecule has 0 N–H and O–H groups in total. The molecule has 0 radical (unpaired) electrons. The number of para-hydroxylation sites is 1. The quantitative estimate of drug-likeness (QED) is 0.401. The number of nitro groups is 1. The van der Waals surface area contributed by atoms with Gasteiger partial charge in [-0.3, -0.25) is 14.9 Å². The number of ether oxygens (including phenoxy) is 1. The number of nitrogens with zero attached hydrogens (tertiary/aromatic N) is 2. The van der Waals surface area contributed by atoms with Crippen LogP contribution in [0.3, 0.4) is 0 Å². The molecule has 0 saturated carbocycles. The van der Waals surface area contributed by atoms with E-state index in [0.29, 0.717) is 16.1 Å². The predicted octanol–water partition coefficient (Wildman–Crippen LogP) is 3.73. The van der Waals surface area contributed by atoms with Gasteiger partial charge in [0.05, 0.1) is 5.56 Å². The molecule has 0 atom stereocenters. The van der Waals surface area contributed by atoms with Crippen LogP contribution in [-0.2, 0) is 0 Å². The third kappa shape index (κ3) is 3.29. The van der Waals surface area contributed by atoms with Gasteiger partial charge in [0.1, 0.15) is 11.3 Å². The molecule has 0 unspecified atom stereocenters. The van der Waals surface area contributed by atoms with Gasteiger partial charge in [0, 0.05) is 16.0 Å². The Bertz CT molecular complexity index is 906. The fourth-order valence-electron chi connectivity index (χ4n) is 2.00. The van der Waals surface area contributed by atoms with E-state index in [1.165, 1.54) is 12.1 Å². The smallest absolute Gasteiger partial charge is 0.400 e. The van der Waals surface area contributed by atoms with Gasteiger partial charge in [0.2, 0.25) is 5.78 Å². The lowest BCUT2D eigenvalue weighted by molar-refractivity contribution is -0.465. The van der Waals surface area contributed by atoms with Gasteiger partial charge < -0.3 is 9.15 Å². The van der Waals surface area contributed by atoms with Crippen LogP contribution in [0, 0.1) is 10.1 Å². The van der Waals surface area contributed by atoms with Crippen LogP contribution in [-0.4, -0.2) is 22.2 Å². The first kappa shape index (κ1) is 15.0. The van der Waals surface area contributed by atoms with Crippen molar-refractivity contribution in [2.24, 2.45) is 0 Å². The molecule has 0 fully saturated rings. The number of rotatable bonds is 5. The van der Waals surface area contributed by atoms with Crippen molar-refractivity contribution in [3.8, 4) is 11.8 Å². The first-order valence-electron chi connectivity index (χ1n) is 6.51. The maximum absolute atomic E-state index is 11.9. The van der Waals surface area contributed by atoms with Crippen molar-refractivity contribution in [3.63, 3.8) is 0 Å². The van der Waals surface area contributed by atoms with Crippen LogP contribution in [0.25, 0.3) is 11.1 Å². The molecular formula is C15H9ClN2O5. The van der Waals surface area contributed by atoms with E-state index in [1.807, 2.05) is 0 Å². The zero-order valence-electron chi connectivity index (χ0n) is 11.6. The van der Waals surface area contributed by atoms with Gasteiger partial charge in [0.15, 0.2) is 5.58 Å². The number of benzene rings is 2. The van der Waals surface area contributed by atoms with Crippen molar-refractivity contribution in [2.45, 2.75) is 0 Å². The van der Waals surface area contributed by atoms with Crippen LogP contribution in [0.4, 0.5) is 0 Å². The number of hydrogen-bond acceptors (Lipinski definition) is 6. The Morgan fingerprint density at radius 3 is 2.87 bits per heavy atom. The average Bonchev–Trinajstić information content (AvgIpc) is 2.88. The number of ketones is 1. The van der Waals surface area contributed by atoms with E-state index in [2.05, 4.69) is 4.98 Å². The second-order valence-corrected chi connectivity index (χ2v) is 5.04. The van der Waals surface area contributed by atoms with Gasteiger partial charge in [-0.25, -0.2) is 0 Å². The molecule has 1 aromatic heterocycles. The summed E-state index contributed by atoms with van der Waals surface area (Å²) in [6, 6.07) is 11.1. The number of halogens is 1. The number of oxazole rings is 1. The van der Waals surface area contributed by atoms with Gasteiger partial charge >= 0.3 is 6.08 Å². The summed E-state index contributed by atoms with van der Waals surface area (Å²) in [6.07, 6.45) is -0.0800. The number of carbonyl (C=O) groups is 1. The maximum atomic E-state index is 11.9. The molecule has 0 amide bonds. The number of aromatic nitrogens is 1. The maximum Gasteiger partial charge on any atom is 0.400 e. The Kier molecular flexibility index (Phi) is 3.94. The first-order valence-corrected chi connectivity index (χ1v) is 6.89. The molecule has 2 aromatic carbocycles. The lowest BCUT2D eigenvalue weighted by Gasteiger charge is -2.05. The minimum atomic E-state index is -0.816. The van der Waals surface area contributed by atoms with Gasteiger partial charge in [0.25, 0.3) is 6.54 Å². The van der Waals surface area contributed by atoms with E-state index in [1.54, 1.807) is 30.3 Å². The van der Waals surface area contributed by atoms with E-state index in [4.69, 9.17) is 20.8 Å². The van der Waals surface area contributed by atoms with E-state index in [9.17, 15) is 14.9 Å². The molecule has 7 nitrogen and oxygen atoms in total. The summed E-state index contributed by atoms with van der Waals surface area (Å²) >= 11 is 5.87. The molecule has 116 valence electrons. The Morgan fingerprint density at radius 2 is 2.09 bits per heavy atom. The zero-order valence-corrected chi connectivity index (χ0v) is 12.3. The lowest BCUT2D eigenvalue weighted by atomic mass is 10.1. The third-order valence-corrected chi connectivity index (χ3v) is 3.22. The van der Waals surface area contributed by atoms with Crippen molar-refractivity contribution in [1.82, 2.24) is 4.98 Å². The largest absolute Gasteiger partial charge is 0.410 e. The minimum Gasteiger partial charge on any atom is -0.410 e. The van der Waals surface area contributed by atoms with Crippen molar-refractivity contribution < 1.29 is 18.9 Å². The summed E-state index contributed by atoms with van der Waals surface area (Å²) in [7, 11) is 0. The van der Waals surface area contributed by atoms with Crippen LogP contribution in [0.15, 0.2) is 46.9 Å². The highest BCUT2D eigenvalue weighted by Gasteiger charge is 2.19. The van der Waals surface area contributed by atoms with Crippen LogP contribution in [0.2, 0.25) is 5.02 Å². The monoisotopic (exact) mass is 332 g/mol. The van der Waals surface area contributed by atoms with Gasteiger partial charge in [-0.1, -0.05) is 23.7 Å². The second-order valence-electron chi connectivity index (χ2n) is 4.60. The lowest BCUT2D eigenvalue weighted by Crippen LogP contribution is -2.14. The Labute approximate surface area is 134 Å². The van der Waals surface area contributed by atoms with Crippen molar-refractivity contribution in [1.29, 1.82) is 0 Å². The van der Waals surface area contributed by atoms with E-state index in [0.717, 1.165) is 0 Å². The molecule has 0 spiro atoms. The SMILES string of the molecule is O=C(C[N+](=O)[O-])c1ccccc1Oc1nc2ccc(Cl)cc2o1. The van der Waals surface area contributed by atoms with Gasteiger partial charge in [-0.2, -0.15) is 4.98 Å². The zero-order chi connectivity index (χ0) is 16.4. The fraction of sp³-hybridized carbons (Fsp3) is 0.0667. The highest BCUT2D eigenvalue weighted by atomic mass is 35.5. The number of carbonyl (C=O) groups excluding carboxylic acids is 1. The highest BCUT2D eigenvalue weighted by Crippen LogP contribution is 2.29. The summed E-state index contributed by atoms with van der Waals surface area (Å²) in [5, 5.41) is 11.0. The van der Waals surface area contributed by atoms with E-state index in [-0.39, 0.29) is 17.4 Å². The summed E-state index contributed by atoms with van der Waals surface area (Å²) in [4.78, 5) is 25.8. The molecule has 8 heteroatoms. The van der Waals surface area contributed by atoms with E-state index >= 15 is 0 Å². The third-order valence-electron chi connectivity index (χ3n) is 2.99. The molecule has 0 aliphatic carbocycles. The molecule has 0 aliphatic heterocycles. The fourth-order valence-corrected chi connectivity index (χ4v) is 2.17. The molecule has 1 heterocycles.